The third kappa shape index (κ3) is 2.80. The highest BCUT2D eigenvalue weighted by Crippen LogP contribution is 2.23. The fourth-order valence-electron chi connectivity index (χ4n) is 2.71. The summed E-state index contributed by atoms with van der Waals surface area (Å²) in [4.78, 5) is 14.0. The van der Waals surface area contributed by atoms with E-state index >= 15 is 0 Å². The first-order valence-corrected chi connectivity index (χ1v) is 7.38. The third-order valence-corrected chi connectivity index (χ3v) is 4.05. The van der Waals surface area contributed by atoms with Crippen molar-refractivity contribution < 1.29 is 14.3 Å². The van der Waals surface area contributed by atoms with Crippen LogP contribution in [0.25, 0.3) is 0 Å². The van der Waals surface area contributed by atoms with Gasteiger partial charge in [0.1, 0.15) is 11.9 Å². The van der Waals surface area contributed by atoms with Crippen LogP contribution in [0.2, 0.25) is 0 Å². The van der Waals surface area contributed by atoms with Crippen LogP contribution < -0.4 is 4.74 Å². The molecule has 0 aliphatic carbocycles. The zero-order chi connectivity index (χ0) is 13.9. The predicted octanol–water partition coefficient (Wildman–Crippen LogP) is 1.88. The number of hydrogen-bond acceptors (Lipinski definition) is 3. The molecule has 0 spiro atoms. The van der Waals surface area contributed by atoms with Crippen LogP contribution in [0.5, 0.6) is 5.75 Å². The number of nitrogens with zero attached hydrogens (tertiary/aromatic N) is 1. The Morgan fingerprint density at radius 3 is 3.00 bits per heavy atom. The molecule has 1 atom stereocenters. The first-order valence-electron chi connectivity index (χ1n) is 7.38. The lowest BCUT2D eigenvalue weighted by molar-refractivity contribution is -0.144. The second-order valence-corrected chi connectivity index (χ2v) is 5.54. The number of amides is 1. The molecular weight excluding hydrogens is 254 g/mol. The quantitative estimate of drug-likeness (QED) is 0.842. The van der Waals surface area contributed by atoms with Crippen molar-refractivity contribution in [3.8, 4) is 5.75 Å². The number of hydrogen-bond donors (Lipinski definition) is 0. The molecule has 2 fully saturated rings. The lowest BCUT2D eigenvalue weighted by atomic mass is 10.0. The van der Waals surface area contributed by atoms with Gasteiger partial charge in [0.05, 0.1) is 25.6 Å². The van der Waals surface area contributed by atoms with Crippen molar-refractivity contribution in [1.29, 1.82) is 0 Å². The Hall–Kier alpha value is -1.55. The van der Waals surface area contributed by atoms with Gasteiger partial charge in [0, 0.05) is 6.61 Å². The second kappa shape index (κ2) is 5.83. The van der Waals surface area contributed by atoms with Gasteiger partial charge in [0.15, 0.2) is 0 Å². The molecule has 2 saturated heterocycles. The van der Waals surface area contributed by atoms with E-state index in [1.54, 1.807) is 0 Å². The van der Waals surface area contributed by atoms with Gasteiger partial charge >= 0.3 is 0 Å². The minimum atomic E-state index is 0.0689. The highest BCUT2D eigenvalue weighted by atomic mass is 16.5. The first-order chi connectivity index (χ1) is 9.76. The molecule has 4 nitrogen and oxygen atoms in total. The van der Waals surface area contributed by atoms with E-state index in [1.165, 1.54) is 5.56 Å². The molecule has 0 unspecified atom stereocenters. The average Bonchev–Trinajstić information content (AvgIpc) is 2.96. The fraction of sp³-hybridized carbons (Fsp3) is 0.562. The maximum absolute atomic E-state index is 12.1. The zero-order valence-electron chi connectivity index (χ0n) is 11.9. The topological polar surface area (TPSA) is 38.8 Å². The molecule has 4 heteroatoms. The van der Waals surface area contributed by atoms with Crippen LogP contribution in [0.3, 0.4) is 0 Å². The molecule has 20 heavy (non-hydrogen) atoms. The molecule has 0 radical (unpaired) electrons. The molecular formula is C16H21NO3. The van der Waals surface area contributed by atoms with E-state index in [2.05, 4.69) is 19.1 Å². The lowest BCUT2D eigenvalue weighted by Crippen LogP contribution is -2.57. The Morgan fingerprint density at radius 1 is 1.45 bits per heavy atom. The smallest absolute Gasteiger partial charge is 0.228 e. The largest absolute Gasteiger partial charge is 0.487 e. The van der Waals surface area contributed by atoms with E-state index in [1.807, 2.05) is 17.0 Å². The Balaban J connectivity index is 1.49. The summed E-state index contributed by atoms with van der Waals surface area (Å²) < 4.78 is 11.2. The van der Waals surface area contributed by atoms with E-state index in [9.17, 15) is 4.79 Å². The summed E-state index contributed by atoms with van der Waals surface area (Å²) in [5.74, 6) is 1.20. The number of aryl methyl sites for hydroxylation is 1. The van der Waals surface area contributed by atoms with Crippen molar-refractivity contribution in [2.45, 2.75) is 25.9 Å². The van der Waals surface area contributed by atoms with Crippen LogP contribution in [-0.4, -0.2) is 43.2 Å². The summed E-state index contributed by atoms with van der Waals surface area (Å²) in [6.07, 6.45) is 2.00. The Kier molecular flexibility index (Phi) is 3.92. The van der Waals surface area contributed by atoms with Gasteiger partial charge in [-0.15, -0.1) is 0 Å². The summed E-state index contributed by atoms with van der Waals surface area (Å²) in [5.41, 5.74) is 1.28. The van der Waals surface area contributed by atoms with Gasteiger partial charge in [-0.1, -0.05) is 19.1 Å². The van der Waals surface area contributed by atoms with E-state index in [4.69, 9.17) is 9.47 Å². The Labute approximate surface area is 119 Å². The number of benzene rings is 1. The number of likely N-dealkylation sites (tertiary alicyclic amines) is 1. The minimum absolute atomic E-state index is 0.0689. The number of carbonyl (C=O) groups is 1. The SMILES string of the molecule is CCc1cccc(OC2CN(C(=O)[C@@H]3CCOC3)C2)c1. The van der Waals surface area contributed by atoms with Crippen LogP contribution in [0.1, 0.15) is 18.9 Å². The minimum Gasteiger partial charge on any atom is -0.487 e. The maximum atomic E-state index is 12.1. The van der Waals surface area contributed by atoms with Gasteiger partial charge in [-0.3, -0.25) is 4.79 Å². The molecule has 1 aromatic rings. The van der Waals surface area contributed by atoms with Gasteiger partial charge in [0.25, 0.3) is 0 Å². The lowest BCUT2D eigenvalue weighted by Gasteiger charge is -2.40. The summed E-state index contributed by atoms with van der Waals surface area (Å²) in [6, 6.07) is 8.18. The van der Waals surface area contributed by atoms with Crippen molar-refractivity contribution in [2.75, 3.05) is 26.3 Å². The van der Waals surface area contributed by atoms with Crippen LogP contribution in [0, 0.1) is 5.92 Å². The third-order valence-electron chi connectivity index (χ3n) is 4.05. The van der Waals surface area contributed by atoms with Gasteiger partial charge in [-0.25, -0.2) is 0 Å². The van der Waals surface area contributed by atoms with Gasteiger partial charge in [0.2, 0.25) is 5.91 Å². The predicted molar refractivity (Wildman–Crippen MR) is 75.7 cm³/mol. The number of ether oxygens (including phenoxy) is 2. The van der Waals surface area contributed by atoms with Gasteiger partial charge < -0.3 is 14.4 Å². The van der Waals surface area contributed by atoms with Crippen molar-refractivity contribution in [3.05, 3.63) is 29.8 Å². The van der Waals surface area contributed by atoms with E-state index < -0.39 is 0 Å². The molecule has 0 bridgehead atoms. The normalized spacial score (nSPS) is 22.6. The highest BCUT2D eigenvalue weighted by Gasteiger charge is 2.36. The van der Waals surface area contributed by atoms with Crippen LogP contribution in [-0.2, 0) is 16.0 Å². The van der Waals surface area contributed by atoms with Crippen molar-refractivity contribution in [2.24, 2.45) is 5.92 Å². The standard InChI is InChI=1S/C16H21NO3/c1-2-12-4-3-5-14(8-12)20-15-9-17(10-15)16(18)13-6-7-19-11-13/h3-5,8,13,15H,2,6-7,9-11H2,1H3/t13-/m1/s1. The highest BCUT2D eigenvalue weighted by molar-refractivity contribution is 5.80. The second-order valence-electron chi connectivity index (χ2n) is 5.54. The first kappa shape index (κ1) is 13.4. The molecule has 1 amide bonds. The average molecular weight is 275 g/mol. The molecule has 108 valence electrons. The molecule has 2 aliphatic heterocycles. The number of rotatable bonds is 4. The number of carbonyl (C=O) groups excluding carboxylic acids is 1. The summed E-state index contributed by atoms with van der Waals surface area (Å²) in [6.45, 7) is 4.83. The summed E-state index contributed by atoms with van der Waals surface area (Å²) >= 11 is 0. The van der Waals surface area contributed by atoms with Crippen molar-refractivity contribution in [1.82, 2.24) is 4.90 Å². The molecule has 2 aliphatic rings. The van der Waals surface area contributed by atoms with Crippen LogP contribution in [0.4, 0.5) is 0 Å². The molecule has 2 heterocycles. The Morgan fingerprint density at radius 2 is 2.30 bits per heavy atom. The summed E-state index contributed by atoms with van der Waals surface area (Å²) in [7, 11) is 0. The van der Waals surface area contributed by atoms with Gasteiger partial charge in [-0.2, -0.15) is 0 Å². The fourth-order valence-corrected chi connectivity index (χ4v) is 2.71. The molecule has 1 aromatic carbocycles. The monoisotopic (exact) mass is 275 g/mol. The molecule has 0 N–H and O–H groups in total. The summed E-state index contributed by atoms with van der Waals surface area (Å²) in [5, 5.41) is 0. The van der Waals surface area contributed by atoms with Crippen LogP contribution >= 0.6 is 0 Å². The van der Waals surface area contributed by atoms with E-state index in [-0.39, 0.29) is 17.9 Å². The van der Waals surface area contributed by atoms with Gasteiger partial charge in [-0.05, 0) is 30.5 Å². The van der Waals surface area contributed by atoms with E-state index in [0.717, 1.165) is 18.6 Å². The van der Waals surface area contributed by atoms with Crippen molar-refractivity contribution in [3.63, 3.8) is 0 Å². The maximum Gasteiger partial charge on any atom is 0.228 e. The molecule has 0 saturated carbocycles. The Bertz CT molecular complexity index is 476. The zero-order valence-corrected chi connectivity index (χ0v) is 11.9. The molecule has 0 aromatic heterocycles. The van der Waals surface area contributed by atoms with Crippen LogP contribution in [0.15, 0.2) is 24.3 Å². The van der Waals surface area contributed by atoms with Crippen molar-refractivity contribution >= 4 is 5.91 Å². The molecule has 3 rings (SSSR count). The van der Waals surface area contributed by atoms with E-state index in [0.29, 0.717) is 26.3 Å².